The molecule has 0 spiro atoms. The molecule has 0 aliphatic carbocycles. The third kappa shape index (κ3) is 2.67. The van der Waals surface area contributed by atoms with Gasteiger partial charge in [0.15, 0.2) is 0 Å². The third-order valence-corrected chi connectivity index (χ3v) is 2.54. The number of para-hydroxylation sites is 1. The number of carbonyl (C=O) groups is 1. The van der Waals surface area contributed by atoms with Crippen molar-refractivity contribution in [2.24, 2.45) is 5.73 Å². The summed E-state index contributed by atoms with van der Waals surface area (Å²) in [6, 6.07) is 15.9. The van der Waals surface area contributed by atoms with E-state index in [0.717, 1.165) is 5.56 Å². The molecule has 3 N–H and O–H groups in total. The summed E-state index contributed by atoms with van der Waals surface area (Å²) < 4.78 is 4.87. The number of aliphatic hydroxyl groups excluding tert-OH is 1. The van der Waals surface area contributed by atoms with E-state index in [9.17, 15) is 9.90 Å². The van der Waals surface area contributed by atoms with E-state index in [1.807, 2.05) is 18.2 Å². The predicted octanol–water partition coefficient (Wildman–Crippen LogP) is 2.23. The van der Waals surface area contributed by atoms with Gasteiger partial charge in [0.25, 0.3) is 0 Å². The first-order valence-corrected chi connectivity index (χ1v) is 5.47. The third-order valence-electron chi connectivity index (χ3n) is 2.54. The number of amides is 1. The van der Waals surface area contributed by atoms with Gasteiger partial charge in [-0.25, -0.2) is 4.79 Å². The van der Waals surface area contributed by atoms with Gasteiger partial charge >= 0.3 is 6.09 Å². The Morgan fingerprint density at radius 1 is 1.06 bits per heavy atom. The highest BCUT2D eigenvalue weighted by molar-refractivity contribution is 5.68. The van der Waals surface area contributed by atoms with Crippen LogP contribution in [0.1, 0.15) is 17.2 Å². The van der Waals surface area contributed by atoms with Crippen LogP contribution in [0, 0.1) is 0 Å². The van der Waals surface area contributed by atoms with E-state index in [-0.39, 0.29) is 5.75 Å². The molecule has 0 heterocycles. The standard InChI is InChI=1S/C14H13NO3/c15-14(17)18-12-9-5-4-8-11(12)13(16)10-6-2-1-3-7-10/h1-9,13,16H,(H2,15,17). The SMILES string of the molecule is NC(=O)Oc1ccccc1C(O)c1ccccc1. The van der Waals surface area contributed by atoms with Crippen LogP contribution in [0.25, 0.3) is 0 Å². The molecule has 1 amide bonds. The van der Waals surface area contributed by atoms with Gasteiger partial charge in [0.1, 0.15) is 11.9 Å². The van der Waals surface area contributed by atoms with E-state index in [4.69, 9.17) is 10.5 Å². The summed E-state index contributed by atoms with van der Waals surface area (Å²) in [5, 5.41) is 10.3. The van der Waals surface area contributed by atoms with E-state index < -0.39 is 12.2 Å². The fourth-order valence-electron chi connectivity index (χ4n) is 1.72. The quantitative estimate of drug-likeness (QED) is 0.868. The van der Waals surface area contributed by atoms with Crippen molar-refractivity contribution in [2.75, 3.05) is 0 Å². The molecule has 0 saturated heterocycles. The number of nitrogens with two attached hydrogens (primary N) is 1. The number of primary amides is 1. The van der Waals surface area contributed by atoms with Gasteiger partial charge in [-0.2, -0.15) is 0 Å². The molecule has 1 atom stereocenters. The largest absolute Gasteiger partial charge is 0.410 e. The van der Waals surface area contributed by atoms with E-state index >= 15 is 0 Å². The van der Waals surface area contributed by atoms with Crippen molar-refractivity contribution in [3.8, 4) is 5.75 Å². The van der Waals surface area contributed by atoms with E-state index in [1.54, 1.807) is 36.4 Å². The average Bonchev–Trinajstić information content (AvgIpc) is 2.39. The topological polar surface area (TPSA) is 72.6 Å². The fourth-order valence-corrected chi connectivity index (χ4v) is 1.72. The maximum absolute atomic E-state index is 10.8. The van der Waals surface area contributed by atoms with Crippen LogP contribution in [0.2, 0.25) is 0 Å². The minimum atomic E-state index is -0.900. The Hall–Kier alpha value is -2.33. The number of hydrogen-bond donors (Lipinski definition) is 2. The van der Waals surface area contributed by atoms with Crippen LogP contribution in [-0.4, -0.2) is 11.2 Å². The van der Waals surface area contributed by atoms with Gasteiger partial charge in [0.2, 0.25) is 0 Å². The van der Waals surface area contributed by atoms with Crippen molar-refractivity contribution < 1.29 is 14.6 Å². The second-order valence-electron chi connectivity index (χ2n) is 3.77. The normalized spacial score (nSPS) is 11.8. The molecule has 2 aromatic rings. The van der Waals surface area contributed by atoms with Crippen LogP contribution in [0.5, 0.6) is 5.75 Å². The van der Waals surface area contributed by atoms with Gasteiger partial charge in [-0.3, -0.25) is 0 Å². The molecule has 92 valence electrons. The zero-order valence-corrected chi connectivity index (χ0v) is 9.61. The van der Waals surface area contributed by atoms with Crippen molar-refractivity contribution in [1.29, 1.82) is 0 Å². The molecule has 0 fully saturated rings. The predicted molar refractivity (Wildman–Crippen MR) is 67.2 cm³/mol. The van der Waals surface area contributed by atoms with E-state index in [2.05, 4.69) is 0 Å². The molecule has 0 radical (unpaired) electrons. The first-order chi connectivity index (χ1) is 8.68. The van der Waals surface area contributed by atoms with E-state index in [1.165, 1.54) is 0 Å². The van der Waals surface area contributed by atoms with Crippen molar-refractivity contribution in [1.82, 2.24) is 0 Å². The molecule has 0 saturated carbocycles. The lowest BCUT2D eigenvalue weighted by Crippen LogP contribution is -2.17. The van der Waals surface area contributed by atoms with Crippen molar-refractivity contribution in [3.05, 3.63) is 65.7 Å². The van der Waals surface area contributed by atoms with Crippen molar-refractivity contribution in [3.63, 3.8) is 0 Å². The molecule has 0 bridgehead atoms. The van der Waals surface area contributed by atoms with Gasteiger partial charge in [0, 0.05) is 5.56 Å². The fraction of sp³-hybridized carbons (Fsp3) is 0.0714. The summed E-state index contributed by atoms with van der Waals surface area (Å²) in [4.78, 5) is 10.8. The minimum Gasteiger partial charge on any atom is -0.410 e. The van der Waals surface area contributed by atoms with Gasteiger partial charge in [-0.05, 0) is 11.6 Å². The molecule has 0 aliphatic heterocycles. The highest BCUT2D eigenvalue weighted by atomic mass is 16.5. The molecule has 0 aliphatic rings. The monoisotopic (exact) mass is 243 g/mol. The molecule has 0 aromatic heterocycles. The smallest absolute Gasteiger partial charge is 0.409 e. The number of rotatable bonds is 3. The minimum absolute atomic E-state index is 0.265. The lowest BCUT2D eigenvalue weighted by Gasteiger charge is -2.14. The number of aliphatic hydroxyl groups is 1. The van der Waals surface area contributed by atoms with E-state index in [0.29, 0.717) is 5.56 Å². The Bertz CT molecular complexity index is 540. The van der Waals surface area contributed by atoms with Crippen LogP contribution < -0.4 is 10.5 Å². The summed E-state index contributed by atoms with van der Waals surface area (Å²) in [5.41, 5.74) is 6.21. The molecule has 2 rings (SSSR count). The molecule has 18 heavy (non-hydrogen) atoms. The summed E-state index contributed by atoms with van der Waals surface area (Å²) in [7, 11) is 0. The molecule has 4 heteroatoms. The number of hydrogen-bond acceptors (Lipinski definition) is 3. The van der Waals surface area contributed by atoms with Gasteiger partial charge in [-0.1, -0.05) is 48.5 Å². The summed E-state index contributed by atoms with van der Waals surface area (Å²) in [5.74, 6) is 0.265. The highest BCUT2D eigenvalue weighted by Crippen LogP contribution is 2.29. The first kappa shape index (κ1) is 12.1. The van der Waals surface area contributed by atoms with Crippen molar-refractivity contribution in [2.45, 2.75) is 6.10 Å². The Labute approximate surface area is 105 Å². The lowest BCUT2D eigenvalue weighted by atomic mass is 10.0. The second-order valence-corrected chi connectivity index (χ2v) is 3.77. The summed E-state index contributed by atoms with van der Waals surface area (Å²) >= 11 is 0. The van der Waals surface area contributed by atoms with Gasteiger partial charge < -0.3 is 15.6 Å². The number of ether oxygens (including phenoxy) is 1. The van der Waals surface area contributed by atoms with Crippen LogP contribution >= 0.6 is 0 Å². The zero-order valence-electron chi connectivity index (χ0n) is 9.61. The lowest BCUT2D eigenvalue weighted by molar-refractivity contribution is 0.200. The Morgan fingerprint density at radius 2 is 1.67 bits per heavy atom. The molecular weight excluding hydrogens is 230 g/mol. The first-order valence-electron chi connectivity index (χ1n) is 5.47. The molecule has 4 nitrogen and oxygen atoms in total. The van der Waals surface area contributed by atoms with Crippen LogP contribution in [0.3, 0.4) is 0 Å². The Kier molecular flexibility index (Phi) is 3.60. The number of carbonyl (C=O) groups excluding carboxylic acids is 1. The summed E-state index contributed by atoms with van der Waals surface area (Å²) in [6.45, 7) is 0. The molecule has 2 aromatic carbocycles. The Morgan fingerprint density at radius 3 is 2.33 bits per heavy atom. The molecular formula is C14H13NO3. The maximum atomic E-state index is 10.8. The van der Waals surface area contributed by atoms with Gasteiger partial charge in [0.05, 0.1) is 0 Å². The van der Waals surface area contributed by atoms with Crippen LogP contribution in [0.4, 0.5) is 4.79 Å². The number of benzene rings is 2. The van der Waals surface area contributed by atoms with Gasteiger partial charge in [-0.15, -0.1) is 0 Å². The van der Waals surface area contributed by atoms with Crippen molar-refractivity contribution >= 4 is 6.09 Å². The second kappa shape index (κ2) is 5.33. The zero-order chi connectivity index (χ0) is 13.0. The Balaban J connectivity index is 2.36. The molecule has 1 unspecified atom stereocenters. The maximum Gasteiger partial charge on any atom is 0.409 e. The summed E-state index contributed by atoms with van der Waals surface area (Å²) in [6.07, 6.45) is -1.76. The van der Waals surface area contributed by atoms with Crippen LogP contribution in [-0.2, 0) is 0 Å². The highest BCUT2D eigenvalue weighted by Gasteiger charge is 2.15. The van der Waals surface area contributed by atoms with Crippen LogP contribution in [0.15, 0.2) is 54.6 Å². The average molecular weight is 243 g/mol.